The maximum atomic E-state index is 13.3. The summed E-state index contributed by atoms with van der Waals surface area (Å²) in [6, 6.07) is 5.51. The molecule has 3 rings (SSSR count). The van der Waals surface area contributed by atoms with E-state index in [2.05, 4.69) is 10.2 Å². The van der Waals surface area contributed by atoms with Gasteiger partial charge < -0.3 is 14.8 Å². The average molecular weight is 289 g/mol. The van der Waals surface area contributed by atoms with Crippen molar-refractivity contribution < 1.29 is 13.9 Å². The topological polar surface area (TPSA) is 33.7 Å². The highest BCUT2D eigenvalue weighted by Gasteiger charge is 2.24. The highest BCUT2D eigenvalue weighted by atomic mass is 35.5. The van der Waals surface area contributed by atoms with Crippen LogP contribution >= 0.6 is 12.4 Å². The molecule has 106 valence electrons. The van der Waals surface area contributed by atoms with Crippen molar-refractivity contribution >= 4 is 12.4 Å². The lowest BCUT2D eigenvalue weighted by Gasteiger charge is -2.33. The molecule has 4 nitrogen and oxygen atoms in total. The van der Waals surface area contributed by atoms with Crippen molar-refractivity contribution in [2.24, 2.45) is 0 Å². The first-order chi connectivity index (χ1) is 8.88. The molecule has 0 bridgehead atoms. The first-order valence-electron chi connectivity index (χ1n) is 6.29. The number of fused-ring (bicyclic) bond motifs is 1. The predicted octanol–water partition coefficient (Wildman–Crippen LogP) is 1.75. The van der Waals surface area contributed by atoms with Gasteiger partial charge >= 0.3 is 0 Å². The van der Waals surface area contributed by atoms with Crippen LogP contribution in [0.4, 0.5) is 4.39 Å². The molecule has 0 amide bonds. The molecule has 0 aromatic heterocycles. The van der Waals surface area contributed by atoms with Crippen LogP contribution in [0.1, 0.15) is 11.6 Å². The van der Waals surface area contributed by atoms with Crippen molar-refractivity contribution in [1.29, 1.82) is 0 Å². The first-order valence-corrected chi connectivity index (χ1v) is 6.29. The summed E-state index contributed by atoms with van der Waals surface area (Å²) in [5.41, 5.74) is 0.962. The zero-order valence-corrected chi connectivity index (χ0v) is 11.4. The van der Waals surface area contributed by atoms with E-state index in [4.69, 9.17) is 9.47 Å². The maximum Gasteiger partial charge on any atom is 0.231 e. The van der Waals surface area contributed by atoms with Crippen molar-refractivity contribution in [1.82, 2.24) is 10.2 Å². The third-order valence-corrected chi connectivity index (χ3v) is 3.52. The minimum atomic E-state index is -0.375. The highest BCUT2D eigenvalue weighted by molar-refractivity contribution is 5.85. The molecule has 1 fully saturated rings. The van der Waals surface area contributed by atoms with Crippen molar-refractivity contribution in [3.63, 3.8) is 0 Å². The van der Waals surface area contributed by atoms with Crippen LogP contribution in [0.5, 0.6) is 11.5 Å². The van der Waals surface area contributed by atoms with Gasteiger partial charge in [-0.05, 0) is 17.7 Å². The summed E-state index contributed by atoms with van der Waals surface area (Å²) >= 11 is 0. The second-order valence-corrected chi connectivity index (χ2v) is 4.57. The van der Waals surface area contributed by atoms with Gasteiger partial charge in [0.25, 0.3) is 0 Å². The molecule has 1 saturated heterocycles. The summed E-state index contributed by atoms with van der Waals surface area (Å²) in [4.78, 5) is 2.17. The van der Waals surface area contributed by atoms with Crippen molar-refractivity contribution in [2.75, 3.05) is 39.6 Å². The van der Waals surface area contributed by atoms with Gasteiger partial charge in [0.1, 0.15) is 6.67 Å². The average Bonchev–Trinajstić information content (AvgIpc) is 2.88. The molecule has 1 atom stereocenters. The number of nitrogens with one attached hydrogen (secondary N) is 1. The molecule has 0 aliphatic carbocycles. The van der Waals surface area contributed by atoms with E-state index in [1.165, 1.54) is 0 Å². The highest BCUT2D eigenvalue weighted by Crippen LogP contribution is 2.35. The number of nitrogens with zero attached hydrogens (tertiary/aromatic N) is 1. The Kier molecular flexibility index (Phi) is 4.85. The Morgan fingerprint density at radius 1 is 1.21 bits per heavy atom. The lowest BCUT2D eigenvalue weighted by molar-refractivity contribution is 0.147. The van der Waals surface area contributed by atoms with Gasteiger partial charge in [0.2, 0.25) is 6.79 Å². The van der Waals surface area contributed by atoms with Crippen molar-refractivity contribution in [3.8, 4) is 11.5 Å². The van der Waals surface area contributed by atoms with Crippen LogP contribution in [-0.2, 0) is 0 Å². The van der Waals surface area contributed by atoms with Crippen LogP contribution in [0.2, 0.25) is 0 Å². The van der Waals surface area contributed by atoms with Gasteiger partial charge in [-0.15, -0.1) is 12.4 Å². The fourth-order valence-electron chi connectivity index (χ4n) is 2.51. The molecular weight excluding hydrogens is 271 g/mol. The quantitative estimate of drug-likeness (QED) is 0.919. The number of ether oxygens (including phenoxy) is 2. The number of piperazine rings is 1. The summed E-state index contributed by atoms with van der Waals surface area (Å²) in [5.74, 6) is 1.47. The Morgan fingerprint density at radius 3 is 2.68 bits per heavy atom. The molecule has 1 N–H and O–H groups in total. The lowest BCUT2D eigenvalue weighted by Crippen LogP contribution is -2.45. The van der Waals surface area contributed by atoms with Gasteiger partial charge in [-0.1, -0.05) is 6.07 Å². The van der Waals surface area contributed by atoms with E-state index in [0.29, 0.717) is 0 Å². The summed E-state index contributed by atoms with van der Waals surface area (Å²) in [6.45, 7) is 3.47. The Labute approximate surface area is 118 Å². The zero-order chi connectivity index (χ0) is 12.4. The number of hydrogen-bond donors (Lipinski definition) is 1. The second-order valence-electron chi connectivity index (χ2n) is 4.57. The summed E-state index contributed by atoms with van der Waals surface area (Å²) in [7, 11) is 0. The third kappa shape index (κ3) is 2.94. The van der Waals surface area contributed by atoms with Gasteiger partial charge in [0.15, 0.2) is 11.5 Å². The molecule has 0 radical (unpaired) electrons. The van der Waals surface area contributed by atoms with Crippen LogP contribution in [-0.4, -0.2) is 44.5 Å². The van der Waals surface area contributed by atoms with Crippen LogP contribution in [0, 0.1) is 0 Å². The van der Waals surface area contributed by atoms with E-state index in [9.17, 15) is 4.39 Å². The summed E-state index contributed by atoms with van der Waals surface area (Å²) in [5, 5.41) is 3.28. The van der Waals surface area contributed by atoms with E-state index in [1.807, 2.05) is 18.2 Å². The van der Waals surface area contributed by atoms with Crippen LogP contribution in [0.15, 0.2) is 18.2 Å². The number of halogens is 2. The molecule has 19 heavy (non-hydrogen) atoms. The smallest absolute Gasteiger partial charge is 0.231 e. The molecule has 6 heteroatoms. The molecule has 0 spiro atoms. The van der Waals surface area contributed by atoms with Crippen LogP contribution < -0.4 is 14.8 Å². The van der Waals surface area contributed by atoms with Crippen LogP contribution in [0.3, 0.4) is 0 Å². The van der Waals surface area contributed by atoms with E-state index in [-0.39, 0.29) is 31.9 Å². The van der Waals surface area contributed by atoms with Gasteiger partial charge in [0.05, 0.1) is 6.04 Å². The maximum absolute atomic E-state index is 13.3. The Morgan fingerprint density at radius 2 is 1.95 bits per heavy atom. The van der Waals surface area contributed by atoms with Gasteiger partial charge in [-0.3, -0.25) is 4.90 Å². The number of benzene rings is 1. The number of alkyl halides is 1. The minimum Gasteiger partial charge on any atom is -0.454 e. The van der Waals surface area contributed by atoms with Gasteiger partial charge in [-0.2, -0.15) is 0 Å². The standard InChI is InChI=1S/C13H17FN2O2.ClH/c14-8-11(16-5-3-15-4-6-16)10-1-2-12-13(7-10)18-9-17-12;/h1-2,7,11,15H,3-6,8-9H2;1H/t11-;/m1./s1. The molecule has 1 aromatic carbocycles. The Bertz CT molecular complexity index is 427. The number of hydrogen-bond acceptors (Lipinski definition) is 4. The number of rotatable bonds is 3. The molecular formula is C13H18ClFN2O2. The molecule has 0 unspecified atom stereocenters. The van der Waals surface area contributed by atoms with Crippen LogP contribution in [0.25, 0.3) is 0 Å². The van der Waals surface area contributed by atoms with E-state index in [0.717, 1.165) is 43.2 Å². The van der Waals surface area contributed by atoms with E-state index < -0.39 is 0 Å². The lowest BCUT2D eigenvalue weighted by atomic mass is 10.0. The third-order valence-electron chi connectivity index (χ3n) is 3.52. The van der Waals surface area contributed by atoms with Gasteiger partial charge in [0, 0.05) is 26.2 Å². The fraction of sp³-hybridized carbons (Fsp3) is 0.538. The second kappa shape index (κ2) is 6.41. The SMILES string of the molecule is Cl.FC[C@H](c1ccc2c(c1)OCO2)N1CCNCC1. The monoisotopic (exact) mass is 288 g/mol. The summed E-state index contributed by atoms with van der Waals surface area (Å²) in [6.07, 6.45) is 0. The predicted molar refractivity (Wildman–Crippen MR) is 73.0 cm³/mol. The van der Waals surface area contributed by atoms with E-state index >= 15 is 0 Å². The van der Waals surface area contributed by atoms with Crippen molar-refractivity contribution in [3.05, 3.63) is 23.8 Å². The molecule has 2 aliphatic heterocycles. The fourth-order valence-corrected chi connectivity index (χ4v) is 2.51. The molecule has 2 heterocycles. The van der Waals surface area contributed by atoms with E-state index in [1.54, 1.807) is 0 Å². The van der Waals surface area contributed by atoms with Gasteiger partial charge in [-0.25, -0.2) is 4.39 Å². The van der Waals surface area contributed by atoms with Crippen molar-refractivity contribution in [2.45, 2.75) is 6.04 Å². The Hall–Kier alpha value is -1.04. The molecule has 2 aliphatic rings. The summed E-state index contributed by atoms with van der Waals surface area (Å²) < 4.78 is 24.0. The minimum absolute atomic E-state index is 0. The largest absolute Gasteiger partial charge is 0.454 e. The zero-order valence-electron chi connectivity index (χ0n) is 10.6. The molecule has 0 saturated carbocycles. The molecule has 1 aromatic rings. The first kappa shape index (κ1) is 14.4. The normalized spacial score (nSPS) is 19.8. The Balaban J connectivity index is 0.00000133.